The van der Waals surface area contributed by atoms with E-state index in [1.54, 1.807) is 13.2 Å². The molecule has 156 valence electrons. The highest BCUT2D eigenvalue weighted by Crippen LogP contribution is 2.22. The van der Waals surface area contributed by atoms with Crippen molar-refractivity contribution in [2.45, 2.75) is 20.8 Å². The van der Waals surface area contributed by atoms with E-state index < -0.39 is 0 Å². The zero-order chi connectivity index (χ0) is 21.5. The molecule has 3 rings (SSSR count). The number of hydrogen-bond acceptors (Lipinski definition) is 6. The smallest absolute Gasteiger partial charge is 0.323 e. The predicted octanol–water partition coefficient (Wildman–Crippen LogP) is 4.92. The normalized spacial score (nSPS) is 10.3. The molecule has 3 aromatic rings. The summed E-state index contributed by atoms with van der Waals surface area (Å²) in [6, 6.07) is 14.4. The minimum atomic E-state index is -0.314. The third kappa shape index (κ3) is 5.60. The van der Waals surface area contributed by atoms with Gasteiger partial charge in [-0.05, 0) is 68.8 Å². The second kappa shape index (κ2) is 9.60. The fourth-order valence-electron chi connectivity index (χ4n) is 2.84. The van der Waals surface area contributed by atoms with Crippen LogP contribution in [-0.4, -0.2) is 29.7 Å². The van der Waals surface area contributed by atoms with Crippen LogP contribution in [0.2, 0.25) is 0 Å². The Bertz CT molecular complexity index is 1020. The molecule has 0 saturated carbocycles. The van der Waals surface area contributed by atoms with Gasteiger partial charge in [-0.1, -0.05) is 0 Å². The van der Waals surface area contributed by atoms with Crippen LogP contribution in [0.3, 0.4) is 0 Å². The van der Waals surface area contributed by atoms with Gasteiger partial charge in [0.25, 0.3) is 0 Å². The van der Waals surface area contributed by atoms with Crippen LogP contribution in [0, 0.1) is 13.8 Å². The number of urea groups is 1. The van der Waals surface area contributed by atoms with Crippen molar-refractivity contribution in [3.63, 3.8) is 0 Å². The molecule has 0 atom stereocenters. The summed E-state index contributed by atoms with van der Waals surface area (Å²) in [5, 5.41) is 12.0. The summed E-state index contributed by atoms with van der Waals surface area (Å²) < 4.78 is 5.18. The molecule has 0 aliphatic rings. The quantitative estimate of drug-likeness (QED) is 0.444. The zero-order valence-corrected chi connectivity index (χ0v) is 17.5. The van der Waals surface area contributed by atoms with E-state index >= 15 is 0 Å². The number of aryl methyl sites for hydroxylation is 2. The third-order valence-electron chi connectivity index (χ3n) is 4.29. The lowest BCUT2D eigenvalue weighted by Crippen LogP contribution is -2.19. The first kappa shape index (κ1) is 20.9. The molecule has 8 nitrogen and oxygen atoms in total. The van der Waals surface area contributed by atoms with Crippen LogP contribution >= 0.6 is 0 Å². The molecule has 1 aromatic heterocycles. The van der Waals surface area contributed by atoms with Crippen molar-refractivity contribution in [2.75, 3.05) is 34.9 Å². The number of nitrogens with zero attached hydrogens (tertiary/aromatic N) is 2. The van der Waals surface area contributed by atoms with Gasteiger partial charge >= 0.3 is 6.03 Å². The van der Waals surface area contributed by atoms with Crippen molar-refractivity contribution < 1.29 is 9.53 Å². The van der Waals surface area contributed by atoms with Crippen LogP contribution in [0.5, 0.6) is 5.75 Å². The van der Waals surface area contributed by atoms with E-state index in [0.717, 1.165) is 34.9 Å². The zero-order valence-electron chi connectivity index (χ0n) is 17.5. The Morgan fingerprint density at radius 2 is 1.70 bits per heavy atom. The molecule has 0 spiro atoms. The number of ether oxygens (including phenoxy) is 1. The van der Waals surface area contributed by atoms with Crippen LogP contribution in [-0.2, 0) is 0 Å². The van der Waals surface area contributed by atoms with E-state index in [-0.39, 0.29) is 6.03 Å². The molecule has 0 saturated heterocycles. The molecule has 0 bridgehead atoms. The number of rotatable bonds is 7. The maximum absolute atomic E-state index is 12.3. The number of anilines is 5. The summed E-state index contributed by atoms with van der Waals surface area (Å²) in [5.74, 6) is 2.04. The van der Waals surface area contributed by atoms with E-state index in [2.05, 4.69) is 31.2 Å². The SMILES string of the molecule is CCNc1nc(C)cc(Nc2ccc(NC(=O)Nc3ccc(OC)cc3C)cc2)n1. The highest BCUT2D eigenvalue weighted by atomic mass is 16.5. The molecule has 2 aromatic carbocycles. The summed E-state index contributed by atoms with van der Waals surface area (Å²) in [6.45, 7) is 6.58. The topological polar surface area (TPSA) is 100 Å². The molecule has 2 amide bonds. The van der Waals surface area contributed by atoms with Crippen LogP contribution < -0.4 is 26.0 Å². The van der Waals surface area contributed by atoms with E-state index in [0.29, 0.717) is 17.5 Å². The minimum absolute atomic E-state index is 0.314. The van der Waals surface area contributed by atoms with Gasteiger partial charge in [0.15, 0.2) is 0 Å². The Balaban J connectivity index is 1.61. The molecular weight excluding hydrogens is 380 g/mol. The summed E-state index contributed by atoms with van der Waals surface area (Å²) in [4.78, 5) is 21.1. The standard InChI is InChI=1S/C22H26N6O2/c1-5-23-21-24-15(3)13-20(28-21)25-16-6-8-17(9-7-16)26-22(29)27-19-11-10-18(30-4)12-14(19)2/h6-13H,5H2,1-4H3,(H2,26,27,29)(H2,23,24,25,28). The van der Waals surface area contributed by atoms with E-state index in [1.165, 1.54) is 0 Å². The molecule has 0 unspecified atom stereocenters. The molecule has 0 radical (unpaired) electrons. The number of amides is 2. The fraction of sp³-hybridized carbons (Fsp3) is 0.227. The van der Waals surface area contributed by atoms with Gasteiger partial charge in [0.2, 0.25) is 5.95 Å². The van der Waals surface area contributed by atoms with Crippen molar-refractivity contribution >= 4 is 34.9 Å². The lowest BCUT2D eigenvalue weighted by molar-refractivity contribution is 0.262. The van der Waals surface area contributed by atoms with E-state index in [1.807, 2.05) is 63.2 Å². The number of carbonyl (C=O) groups excluding carboxylic acids is 1. The first-order valence-electron chi connectivity index (χ1n) is 9.66. The fourth-order valence-corrected chi connectivity index (χ4v) is 2.84. The first-order chi connectivity index (χ1) is 14.5. The summed E-state index contributed by atoms with van der Waals surface area (Å²) >= 11 is 0. The molecule has 1 heterocycles. The maximum Gasteiger partial charge on any atom is 0.323 e. The Morgan fingerprint density at radius 1 is 0.967 bits per heavy atom. The molecule has 8 heteroatoms. The second-order valence-electron chi connectivity index (χ2n) is 6.71. The summed E-state index contributed by atoms with van der Waals surface area (Å²) in [5.41, 5.74) is 4.04. The number of hydrogen-bond donors (Lipinski definition) is 4. The van der Waals surface area contributed by atoms with Gasteiger partial charge in [-0.15, -0.1) is 0 Å². The molecule has 30 heavy (non-hydrogen) atoms. The van der Waals surface area contributed by atoms with Crippen molar-refractivity contribution in [3.05, 3.63) is 59.8 Å². The van der Waals surface area contributed by atoms with E-state index in [4.69, 9.17) is 4.74 Å². The largest absolute Gasteiger partial charge is 0.497 e. The van der Waals surface area contributed by atoms with Crippen LogP contribution in [0.1, 0.15) is 18.2 Å². The van der Waals surface area contributed by atoms with Crippen molar-refractivity contribution in [1.82, 2.24) is 9.97 Å². The maximum atomic E-state index is 12.3. The third-order valence-corrected chi connectivity index (χ3v) is 4.29. The van der Waals surface area contributed by atoms with Crippen molar-refractivity contribution in [3.8, 4) is 5.75 Å². The average Bonchev–Trinajstić information content (AvgIpc) is 2.71. The minimum Gasteiger partial charge on any atom is -0.497 e. The number of methoxy groups -OCH3 is 1. The van der Waals surface area contributed by atoms with Gasteiger partial charge in [0, 0.05) is 35.4 Å². The van der Waals surface area contributed by atoms with Gasteiger partial charge in [-0.3, -0.25) is 0 Å². The summed E-state index contributed by atoms with van der Waals surface area (Å²) in [6.07, 6.45) is 0. The Labute approximate surface area is 176 Å². The number of benzene rings is 2. The Morgan fingerprint density at radius 3 is 2.37 bits per heavy atom. The van der Waals surface area contributed by atoms with Gasteiger partial charge in [-0.25, -0.2) is 9.78 Å². The molecule has 0 aliphatic carbocycles. The van der Waals surface area contributed by atoms with Crippen LogP contribution in [0.15, 0.2) is 48.5 Å². The monoisotopic (exact) mass is 406 g/mol. The van der Waals surface area contributed by atoms with Crippen LogP contribution in [0.25, 0.3) is 0 Å². The van der Waals surface area contributed by atoms with Gasteiger partial charge in [-0.2, -0.15) is 4.98 Å². The molecule has 4 N–H and O–H groups in total. The predicted molar refractivity (Wildman–Crippen MR) is 121 cm³/mol. The molecule has 0 aliphatic heterocycles. The summed E-state index contributed by atoms with van der Waals surface area (Å²) in [7, 11) is 1.61. The first-order valence-corrected chi connectivity index (χ1v) is 9.66. The van der Waals surface area contributed by atoms with Crippen molar-refractivity contribution in [2.24, 2.45) is 0 Å². The highest BCUT2D eigenvalue weighted by molar-refractivity contribution is 6.00. The number of aromatic nitrogens is 2. The Hall–Kier alpha value is -3.81. The average molecular weight is 406 g/mol. The lowest BCUT2D eigenvalue weighted by Gasteiger charge is -2.12. The van der Waals surface area contributed by atoms with Gasteiger partial charge in [0.1, 0.15) is 11.6 Å². The van der Waals surface area contributed by atoms with E-state index in [9.17, 15) is 4.79 Å². The lowest BCUT2D eigenvalue weighted by atomic mass is 10.2. The number of carbonyl (C=O) groups is 1. The molecule has 0 fully saturated rings. The van der Waals surface area contributed by atoms with Crippen LogP contribution in [0.4, 0.5) is 33.6 Å². The Kier molecular flexibility index (Phi) is 6.69. The molecular formula is C22H26N6O2. The van der Waals surface area contributed by atoms with Gasteiger partial charge < -0.3 is 26.0 Å². The second-order valence-corrected chi connectivity index (χ2v) is 6.71. The van der Waals surface area contributed by atoms with Gasteiger partial charge in [0.05, 0.1) is 7.11 Å². The highest BCUT2D eigenvalue weighted by Gasteiger charge is 2.07. The number of nitrogens with one attached hydrogen (secondary N) is 4. The van der Waals surface area contributed by atoms with Crippen molar-refractivity contribution in [1.29, 1.82) is 0 Å².